The molecule has 1 aromatic heterocycles. The van der Waals surface area contributed by atoms with Crippen LogP contribution in [0.4, 0.5) is 0 Å². The number of aromatic nitrogens is 1. The summed E-state index contributed by atoms with van der Waals surface area (Å²) in [5, 5.41) is 3.19. The van der Waals surface area contributed by atoms with Gasteiger partial charge in [-0.15, -0.1) is 0 Å². The lowest BCUT2D eigenvalue weighted by atomic mass is 9.40. The third-order valence-electron chi connectivity index (χ3n) is 6.26. The van der Waals surface area contributed by atoms with Gasteiger partial charge in [-0.05, 0) is 67.4 Å². The third kappa shape index (κ3) is 2.26. The maximum atomic E-state index is 13.0. The Kier molecular flexibility index (Phi) is 2.95. The Hall–Kier alpha value is -1.38. The molecule has 22 heavy (non-hydrogen) atoms. The molecule has 4 atom stereocenters. The largest absolute Gasteiger partial charge is 0.350 e. The number of carbonyl (C=O) groups is 1. The van der Waals surface area contributed by atoms with Crippen LogP contribution in [-0.4, -0.2) is 10.9 Å². The van der Waals surface area contributed by atoms with Crippen LogP contribution >= 0.6 is 0 Å². The van der Waals surface area contributed by atoms with Gasteiger partial charge in [0.25, 0.3) is 0 Å². The Morgan fingerprint density at radius 1 is 1.18 bits per heavy atom. The molecule has 4 aliphatic carbocycles. The average Bonchev–Trinajstić information content (AvgIpc) is 2.42. The zero-order valence-corrected chi connectivity index (χ0v) is 13.7. The number of carbonyl (C=O) groups excluding carboxylic acids is 1. The van der Waals surface area contributed by atoms with Crippen molar-refractivity contribution in [3.05, 3.63) is 30.1 Å². The molecule has 1 heterocycles. The van der Waals surface area contributed by atoms with Gasteiger partial charge in [0.15, 0.2) is 0 Å². The summed E-state index contributed by atoms with van der Waals surface area (Å²) in [5.41, 5.74) is 1.60. The molecule has 4 bridgehead atoms. The minimum Gasteiger partial charge on any atom is -0.350 e. The van der Waals surface area contributed by atoms with E-state index in [0.29, 0.717) is 17.4 Å². The van der Waals surface area contributed by atoms with Crippen molar-refractivity contribution in [1.82, 2.24) is 10.3 Å². The maximum Gasteiger partial charge on any atom is 0.226 e. The SMILES string of the molecule is C[C@]12CC3CC(C(=O)NCc4ccccn4)(C1)C[C@@](C)(C3)C2. The smallest absolute Gasteiger partial charge is 0.226 e. The number of amides is 1. The minimum atomic E-state index is -0.113. The predicted molar refractivity (Wildman–Crippen MR) is 85.9 cm³/mol. The van der Waals surface area contributed by atoms with Gasteiger partial charge in [0.2, 0.25) is 5.91 Å². The minimum absolute atomic E-state index is 0.113. The topological polar surface area (TPSA) is 42.0 Å². The standard InChI is InChI=1S/C19H26N2O/c1-17-7-14-8-18(2,11-17)13-19(9-14,12-17)16(22)21-10-15-5-3-4-6-20-15/h3-6,14H,7-13H2,1-2H3,(H,21,22)/t14?,17-,18+,19?. The number of pyridine rings is 1. The van der Waals surface area contributed by atoms with Crippen molar-refractivity contribution in [3.63, 3.8) is 0 Å². The highest BCUT2D eigenvalue weighted by atomic mass is 16.2. The second-order valence-electron chi connectivity index (χ2n) is 8.91. The van der Waals surface area contributed by atoms with E-state index in [1.807, 2.05) is 18.2 Å². The highest BCUT2D eigenvalue weighted by Crippen LogP contribution is 2.69. The van der Waals surface area contributed by atoms with E-state index < -0.39 is 0 Å². The van der Waals surface area contributed by atoms with Crippen molar-refractivity contribution >= 4 is 5.91 Å². The second-order valence-corrected chi connectivity index (χ2v) is 8.91. The van der Waals surface area contributed by atoms with Gasteiger partial charge in [-0.1, -0.05) is 19.9 Å². The van der Waals surface area contributed by atoms with E-state index in [2.05, 4.69) is 24.1 Å². The summed E-state index contributed by atoms with van der Waals surface area (Å²) in [6.45, 7) is 5.38. The third-order valence-corrected chi connectivity index (χ3v) is 6.26. The molecular weight excluding hydrogens is 272 g/mol. The quantitative estimate of drug-likeness (QED) is 0.924. The van der Waals surface area contributed by atoms with E-state index in [1.165, 1.54) is 19.3 Å². The lowest BCUT2D eigenvalue weighted by Gasteiger charge is -2.64. The van der Waals surface area contributed by atoms with Crippen molar-refractivity contribution in [2.75, 3.05) is 0 Å². The summed E-state index contributed by atoms with van der Waals surface area (Å²) < 4.78 is 0. The predicted octanol–water partition coefficient (Wildman–Crippen LogP) is 3.69. The molecule has 3 heteroatoms. The van der Waals surface area contributed by atoms with Crippen molar-refractivity contribution in [2.24, 2.45) is 22.2 Å². The molecule has 4 fully saturated rings. The molecule has 0 saturated heterocycles. The summed E-state index contributed by atoms with van der Waals surface area (Å²) in [6.07, 6.45) is 9.03. The van der Waals surface area contributed by atoms with E-state index in [0.717, 1.165) is 30.9 Å². The summed E-state index contributed by atoms with van der Waals surface area (Å²) in [5.74, 6) is 1.03. The van der Waals surface area contributed by atoms with Crippen LogP contribution in [0, 0.1) is 22.2 Å². The van der Waals surface area contributed by atoms with Crippen LogP contribution in [0.2, 0.25) is 0 Å². The Morgan fingerprint density at radius 3 is 2.50 bits per heavy atom. The lowest BCUT2D eigenvalue weighted by Crippen LogP contribution is -2.59. The number of nitrogens with one attached hydrogen (secondary N) is 1. The Balaban J connectivity index is 1.53. The van der Waals surface area contributed by atoms with Gasteiger partial charge in [-0.2, -0.15) is 0 Å². The van der Waals surface area contributed by atoms with Crippen molar-refractivity contribution in [2.45, 2.75) is 58.9 Å². The van der Waals surface area contributed by atoms with Crippen LogP contribution in [0.15, 0.2) is 24.4 Å². The van der Waals surface area contributed by atoms with E-state index in [1.54, 1.807) is 6.20 Å². The Morgan fingerprint density at radius 2 is 1.91 bits per heavy atom. The van der Waals surface area contributed by atoms with Gasteiger partial charge in [0, 0.05) is 6.20 Å². The van der Waals surface area contributed by atoms with Crippen LogP contribution in [-0.2, 0) is 11.3 Å². The van der Waals surface area contributed by atoms with Gasteiger partial charge >= 0.3 is 0 Å². The van der Waals surface area contributed by atoms with Gasteiger partial charge in [0.1, 0.15) is 0 Å². The summed E-state index contributed by atoms with van der Waals surface area (Å²) >= 11 is 0. The Labute approximate surface area is 132 Å². The van der Waals surface area contributed by atoms with Crippen LogP contribution in [0.3, 0.4) is 0 Å². The van der Waals surface area contributed by atoms with E-state index >= 15 is 0 Å². The van der Waals surface area contributed by atoms with E-state index in [4.69, 9.17) is 0 Å². The molecule has 1 N–H and O–H groups in total. The van der Waals surface area contributed by atoms with Crippen LogP contribution in [0.1, 0.15) is 58.1 Å². The number of nitrogens with zero attached hydrogens (tertiary/aromatic N) is 1. The first-order valence-electron chi connectivity index (χ1n) is 8.59. The van der Waals surface area contributed by atoms with Crippen LogP contribution in [0.25, 0.3) is 0 Å². The highest BCUT2D eigenvalue weighted by Gasteiger charge is 2.62. The van der Waals surface area contributed by atoms with Gasteiger partial charge < -0.3 is 5.32 Å². The monoisotopic (exact) mass is 298 g/mol. The molecule has 4 saturated carbocycles. The number of hydrogen-bond acceptors (Lipinski definition) is 2. The molecule has 118 valence electrons. The maximum absolute atomic E-state index is 13.0. The first kappa shape index (κ1) is 14.2. The number of hydrogen-bond donors (Lipinski definition) is 1. The van der Waals surface area contributed by atoms with Crippen molar-refractivity contribution in [3.8, 4) is 0 Å². The summed E-state index contributed by atoms with van der Waals surface area (Å²) in [6, 6.07) is 5.86. The molecule has 1 amide bonds. The first-order chi connectivity index (χ1) is 10.4. The molecule has 0 radical (unpaired) electrons. The summed E-state index contributed by atoms with van der Waals surface area (Å²) in [4.78, 5) is 17.3. The zero-order valence-electron chi connectivity index (χ0n) is 13.7. The van der Waals surface area contributed by atoms with E-state index in [-0.39, 0.29) is 11.3 Å². The molecule has 0 spiro atoms. The molecular formula is C19H26N2O. The number of rotatable bonds is 3. The van der Waals surface area contributed by atoms with Crippen LogP contribution < -0.4 is 5.32 Å². The van der Waals surface area contributed by atoms with Gasteiger partial charge in [0.05, 0.1) is 17.7 Å². The summed E-state index contributed by atoms with van der Waals surface area (Å²) in [7, 11) is 0. The normalized spacial score (nSPS) is 42.4. The highest BCUT2D eigenvalue weighted by molar-refractivity contribution is 5.83. The lowest BCUT2D eigenvalue weighted by molar-refractivity contribution is -0.170. The molecule has 3 nitrogen and oxygen atoms in total. The first-order valence-corrected chi connectivity index (χ1v) is 8.59. The van der Waals surface area contributed by atoms with Gasteiger partial charge in [-0.3, -0.25) is 9.78 Å². The fraction of sp³-hybridized carbons (Fsp3) is 0.684. The molecule has 1 aromatic rings. The fourth-order valence-corrected chi connectivity index (χ4v) is 6.56. The fourth-order valence-electron chi connectivity index (χ4n) is 6.56. The van der Waals surface area contributed by atoms with Crippen molar-refractivity contribution in [1.29, 1.82) is 0 Å². The Bertz CT molecular complexity index is 579. The molecule has 4 aliphatic rings. The molecule has 5 rings (SSSR count). The molecule has 2 unspecified atom stereocenters. The second kappa shape index (κ2) is 4.56. The molecule has 0 aromatic carbocycles. The zero-order chi connectivity index (χ0) is 15.4. The molecule has 0 aliphatic heterocycles. The van der Waals surface area contributed by atoms with E-state index in [9.17, 15) is 4.79 Å². The van der Waals surface area contributed by atoms with Gasteiger partial charge in [-0.25, -0.2) is 0 Å². The van der Waals surface area contributed by atoms with Crippen LogP contribution in [0.5, 0.6) is 0 Å². The average molecular weight is 298 g/mol. The van der Waals surface area contributed by atoms with Crippen molar-refractivity contribution < 1.29 is 4.79 Å².